The van der Waals surface area contributed by atoms with E-state index >= 15 is 0 Å². The summed E-state index contributed by atoms with van der Waals surface area (Å²) in [4.78, 5) is 24.8. The summed E-state index contributed by atoms with van der Waals surface area (Å²) in [6.45, 7) is 9.12. The third-order valence-electron chi connectivity index (χ3n) is 9.55. The Bertz CT molecular complexity index is 625. The van der Waals surface area contributed by atoms with Gasteiger partial charge < -0.3 is 4.74 Å². The van der Waals surface area contributed by atoms with Gasteiger partial charge in [-0.05, 0) is 92.8 Å². The average Bonchev–Trinajstić information content (AvgIpc) is 2.95. The van der Waals surface area contributed by atoms with Gasteiger partial charge >= 0.3 is 5.97 Å². The van der Waals surface area contributed by atoms with Crippen LogP contribution in [0.15, 0.2) is 0 Å². The Balaban J connectivity index is 1.41. The first-order valence-corrected chi connectivity index (χ1v) is 12.0. The van der Waals surface area contributed by atoms with Gasteiger partial charge in [0.2, 0.25) is 0 Å². The van der Waals surface area contributed by atoms with Gasteiger partial charge in [0, 0.05) is 18.3 Å². The highest BCUT2D eigenvalue weighted by atomic mass is 16.5. The van der Waals surface area contributed by atoms with Gasteiger partial charge in [0.1, 0.15) is 11.9 Å². The normalized spacial score (nSPS) is 45.3. The lowest BCUT2D eigenvalue weighted by atomic mass is 9.45. The molecule has 4 rings (SSSR count). The molecule has 0 bridgehead atoms. The Morgan fingerprint density at radius 2 is 1.86 bits per heavy atom. The van der Waals surface area contributed by atoms with Crippen LogP contribution >= 0.6 is 0 Å². The van der Waals surface area contributed by atoms with Gasteiger partial charge in [-0.3, -0.25) is 9.59 Å². The zero-order chi connectivity index (χ0) is 20.1. The molecule has 0 aromatic heterocycles. The second kappa shape index (κ2) is 7.43. The van der Waals surface area contributed by atoms with Gasteiger partial charge in [0.15, 0.2) is 0 Å². The quantitative estimate of drug-likeness (QED) is 0.559. The highest BCUT2D eigenvalue weighted by molar-refractivity contribution is 5.87. The minimum Gasteiger partial charge on any atom is -0.462 e. The van der Waals surface area contributed by atoms with E-state index in [9.17, 15) is 9.59 Å². The van der Waals surface area contributed by atoms with Gasteiger partial charge in [0.25, 0.3) is 0 Å². The van der Waals surface area contributed by atoms with Crippen LogP contribution in [0.25, 0.3) is 0 Å². The first-order valence-electron chi connectivity index (χ1n) is 12.0. The van der Waals surface area contributed by atoms with E-state index in [1.54, 1.807) is 0 Å². The van der Waals surface area contributed by atoms with Crippen molar-refractivity contribution in [3.05, 3.63) is 0 Å². The van der Waals surface area contributed by atoms with Gasteiger partial charge in [-0.1, -0.05) is 27.7 Å². The topological polar surface area (TPSA) is 43.4 Å². The van der Waals surface area contributed by atoms with E-state index in [2.05, 4.69) is 27.7 Å². The number of fused-ring (bicyclic) bond motifs is 5. The maximum Gasteiger partial charge on any atom is 0.306 e. The molecule has 0 saturated heterocycles. The van der Waals surface area contributed by atoms with Crippen LogP contribution in [0.4, 0.5) is 0 Å². The Labute approximate surface area is 171 Å². The van der Waals surface area contributed by atoms with Crippen molar-refractivity contribution in [1.29, 1.82) is 0 Å². The number of hydrogen-bond donors (Lipinski definition) is 0. The third-order valence-corrected chi connectivity index (χ3v) is 9.55. The average molecular weight is 389 g/mol. The van der Waals surface area contributed by atoms with Gasteiger partial charge in [0.05, 0.1) is 0 Å². The molecule has 158 valence electrons. The van der Waals surface area contributed by atoms with Crippen LogP contribution in [-0.4, -0.2) is 17.9 Å². The third kappa shape index (κ3) is 3.35. The maximum atomic E-state index is 12.6. The van der Waals surface area contributed by atoms with E-state index in [1.165, 1.54) is 25.7 Å². The standard InChI is InChI=1S/C25H40O3/c1-16(2)5-10-23(27)28-18-11-13-24(3)17(15-18)6-7-19-20-8-9-22(26)25(20,4)14-12-21(19)24/h16-21H,5-15H2,1-4H3/t17-,18+,19-,20+,21+,24-,25-/m0/s1. The number of carbonyl (C=O) groups excluding carboxylic acids is 2. The molecule has 4 aliphatic carbocycles. The summed E-state index contributed by atoms with van der Waals surface area (Å²) in [5.74, 6) is 3.94. The lowest BCUT2D eigenvalue weighted by Crippen LogP contribution is -2.54. The van der Waals surface area contributed by atoms with Crippen molar-refractivity contribution in [3.8, 4) is 0 Å². The van der Waals surface area contributed by atoms with Crippen LogP contribution in [0.2, 0.25) is 0 Å². The van der Waals surface area contributed by atoms with E-state index in [4.69, 9.17) is 4.74 Å². The van der Waals surface area contributed by atoms with E-state index in [-0.39, 0.29) is 17.5 Å². The van der Waals surface area contributed by atoms with Crippen LogP contribution in [0.5, 0.6) is 0 Å². The molecule has 0 N–H and O–H groups in total. The summed E-state index contributed by atoms with van der Waals surface area (Å²) in [5, 5.41) is 0. The second-order valence-electron chi connectivity index (χ2n) is 11.4. The summed E-state index contributed by atoms with van der Waals surface area (Å²) < 4.78 is 5.89. The molecule has 3 heteroatoms. The molecule has 4 fully saturated rings. The Morgan fingerprint density at radius 3 is 2.61 bits per heavy atom. The number of carbonyl (C=O) groups is 2. The number of hydrogen-bond acceptors (Lipinski definition) is 3. The van der Waals surface area contributed by atoms with Gasteiger partial charge in [-0.15, -0.1) is 0 Å². The lowest BCUT2D eigenvalue weighted by molar-refractivity contribution is -0.162. The number of esters is 1. The van der Waals surface area contributed by atoms with Crippen LogP contribution < -0.4 is 0 Å². The summed E-state index contributed by atoms with van der Waals surface area (Å²) >= 11 is 0. The first-order chi connectivity index (χ1) is 13.2. The SMILES string of the molecule is CC(C)CCC(=O)O[C@@H]1CC[C@@]2(C)[C@@H](CC[C@@H]3[C@H]2CC[C@]2(C)C(=O)CC[C@H]32)C1. The minimum atomic E-state index is -0.0203. The van der Waals surface area contributed by atoms with E-state index in [1.807, 2.05) is 0 Å². The first kappa shape index (κ1) is 20.4. The molecule has 4 saturated carbocycles. The van der Waals surface area contributed by atoms with Crippen molar-refractivity contribution in [2.24, 2.45) is 40.4 Å². The molecule has 7 atom stereocenters. The highest BCUT2D eigenvalue weighted by Gasteiger charge is 2.60. The van der Waals surface area contributed by atoms with Crippen molar-refractivity contribution in [2.45, 2.75) is 104 Å². The molecule has 0 aromatic carbocycles. The molecule has 28 heavy (non-hydrogen) atoms. The molecular formula is C25H40O3. The monoisotopic (exact) mass is 388 g/mol. The second-order valence-corrected chi connectivity index (χ2v) is 11.4. The summed E-state index contributed by atoms with van der Waals surface area (Å²) in [7, 11) is 0. The number of ketones is 1. The molecule has 3 nitrogen and oxygen atoms in total. The molecule has 0 unspecified atom stereocenters. The fraction of sp³-hybridized carbons (Fsp3) is 0.920. The van der Waals surface area contributed by atoms with Crippen molar-refractivity contribution in [3.63, 3.8) is 0 Å². The van der Waals surface area contributed by atoms with Crippen LogP contribution in [0.1, 0.15) is 98.3 Å². The smallest absolute Gasteiger partial charge is 0.306 e. The van der Waals surface area contributed by atoms with E-state index in [0.29, 0.717) is 35.4 Å². The molecule has 4 aliphatic rings. The molecular weight excluding hydrogens is 348 g/mol. The minimum absolute atomic E-state index is 0.00823. The molecule has 0 aromatic rings. The van der Waals surface area contributed by atoms with Crippen molar-refractivity contribution in [2.75, 3.05) is 0 Å². The Kier molecular flexibility index (Phi) is 5.42. The van der Waals surface area contributed by atoms with Crippen LogP contribution in [0, 0.1) is 40.4 Å². The van der Waals surface area contributed by atoms with Crippen molar-refractivity contribution < 1.29 is 14.3 Å². The van der Waals surface area contributed by atoms with Crippen molar-refractivity contribution in [1.82, 2.24) is 0 Å². The number of ether oxygens (including phenoxy) is 1. The largest absolute Gasteiger partial charge is 0.462 e. The Morgan fingerprint density at radius 1 is 1.07 bits per heavy atom. The highest BCUT2D eigenvalue weighted by Crippen LogP contribution is 2.65. The summed E-state index contributed by atoms with van der Waals surface area (Å²) in [6, 6.07) is 0. The lowest BCUT2D eigenvalue weighted by Gasteiger charge is -2.60. The van der Waals surface area contributed by atoms with E-state index < -0.39 is 0 Å². The molecule has 0 heterocycles. The van der Waals surface area contributed by atoms with Gasteiger partial charge in [-0.2, -0.15) is 0 Å². The van der Waals surface area contributed by atoms with Crippen LogP contribution in [0.3, 0.4) is 0 Å². The maximum absolute atomic E-state index is 12.6. The number of rotatable bonds is 4. The zero-order valence-corrected chi connectivity index (χ0v) is 18.5. The van der Waals surface area contributed by atoms with Gasteiger partial charge in [-0.25, -0.2) is 0 Å². The number of Topliss-reactive ketones (excluding diaryl/α,β-unsaturated/α-hetero) is 1. The molecule has 0 amide bonds. The molecule has 0 radical (unpaired) electrons. The summed E-state index contributed by atoms with van der Waals surface area (Å²) in [5.41, 5.74) is 0.365. The molecule has 0 aliphatic heterocycles. The summed E-state index contributed by atoms with van der Waals surface area (Å²) in [6.07, 6.45) is 11.7. The van der Waals surface area contributed by atoms with Crippen molar-refractivity contribution >= 4 is 11.8 Å². The Hall–Kier alpha value is -0.860. The molecule has 0 spiro atoms. The van der Waals surface area contributed by atoms with E-state index in [0.717, 1.165) is 50.4 Å². The predicted octanol–water partition coefficient (Wildman–Crippen LogP) is 5.95. The fourth-order valence-corrected chi connectivity index (χ4v) is 7.75. The predicted molar refractivity (Wildman–Crippen MR) is 111 cm³/mol. The van der Waals surface area contributed by atoms with Crippen LogP contribution in [-0.2, 0) is 14.3 Å². The zero-order valence-electron chi connectivity index (χ0n) is 18.5. The fourth-order valence-electron chi connectivity index (χ4n) is 7.75.